The fourth-order valence-corrected chi connectivity index (χ4v) is 4.49. The minimum absolute atomic E-state index is 0.133. The number of rotatable bonds is 3. The number of carbonyl (C=O) groups is 1. The highest BCUT2D eigenvalue weighted by molar-refractivity contribution is 5.82. The van der Waals surface area contributed by atoms with Crippen molar-refractivity contribution in [2.45, 2.75) is 56.7 Å². The number of pyridine rings is 1. The molecule has 3 fully saturated rings. The highest BCUT2D eigenvalue weighted by Gasteiger charge is 2.35. The van der Waals surface area contributed by atoms with E-state index in [1.54, 1.807) is 6.20 Å². The molecule has 2 aliphatic heterocycles. The molecule has 0 spiro atoms. The smallest absolute Gasteiger partial charge is 0.241 e. The van der Waals surface area contributed by atoms with Gasteiger partial charge < -0.3 is 4.90 Å². The summed E-state index contributed by atoms with van der Waals surface area (Å²) in [4.78, 5) is 21.7. The van der Waals surface area contributed by atoms with Crippen LogP contribution in [0.3, 0.4) is 0 Å². The van der Waals surface area contributed by atoms with Crippen molar-refractivity contribution < 1.29 is 4.79 Å². The molecule has 6 heteroatoms. The Bertz CT molecular complexity index is 566. The van der Waals surface area contributed by atoms with Crippen molar-refractivity contribution in [1.29, 1.82) is 0 Å². The predicted octanol–water partition coefficient (Wildman–Crippen LogP) is 1.47. The Morgan fingerprint density at radius 2 is 1.88 bits per heavy atom. The number of hydrazine groups is 1. The Hall–Kier alpha value is -1.50. The van der Waals surface area contributed by atoms with E-state index in [9.17, 15) is 4.79 Å². The van der Waals surface area contributed by atoms with Crippen molar-refractivity contribution in [2.75, 3.05) is 26.2 Å². The van der Waals surface area contributed by atoms with E-state index in [1.165, 1.54) is 32.1 Å². The number of hydrogen-bond donors (Lipinski definition) is 2. The zero-order chi connectivity index (χ0) is 17.1. The van der Waals surface area contributed by atoms with E-state index in [0.29, 0.717) is 0 Å². The van der Waals surface area contributed by atoms with E-state index in [-0.39, 0.29) is 18.0 Å². The monoisotopic (exact) mass is 343 g/mol. The molecule has 1 aromatic rings. The van der Waals surface area contributed by atoms with Gasteiger partial charge in [0, 0.05) is 50.7 Å². The van der Waals surface area contributed by atoms with Crippen LogP contribution in [0, 0.1) is 0 Å². The van der Waals surface area contributed by atoms with Crippen molar-refractivity contribution in [2.24, 2.45) is 0 Å². The second-order valence-corrected chi connectivity index (χ2v) is 7.57. The second kappa shape index (κ2) is 7.81. The third kappa shape index (κ3) is 3.86. The fraction of sp³-hybridized carbons (Fsp3) is 0.684. The molecule has 136 valence electrons. The molecule has 1 aromatic heterocycles. The molecule has 2 N–H and O–H groups in total. The van der Waals surface area contributed by atoms with Gasteiger partial charge in [-0.2, -0.15) is 0 Å². The summed E-state index contributed by atoms with van der Waals surface area (Å²) < 4.78 is 0. The number of amides is 1. The molecule has 0 radical (unpaired) electrons. The molecule has 2 saturated heterocycles. The lowest BCUT2D eigenvalue weighted by atomic mass is 9.94. The van der Waals surface area contributed by atoms with E-state index >= 15 is 0 Å². The molecular formula is C19H29N5O. The molecule has 2 atom stereocenters. The van der Waals surface area contributed by atoms with Gasteiger partial charge in [-0.1, -0.05) is 25.3 Å². The van der Waals surface area contributed by atoms with Crippen molar-refractivity contribution in [3.05, 3.63) is 30.1 Å². The van der Waals surface area contributed by atoms with Gasteiger partial charge >= 0.3 is 0 Å². The third-order valence-electron chi connectivity index (χ3n) is 6.01. The predicted molar refractivity (Wildman–Crippen MR) is 96.7 cm³/mol. The fourth-order valence-electron chi connectivity index (χ4n) is 4.49. The maximum Gasteiger partial charge on any atom is 0.241 e. The van der Waals surface area contributed by atoms with E-state index in [4.69, 9.17) is 0 Å². The normalized spacial score (nSPS) is 29.0. The van der Waals surface area contributed by atoms with Gasteiger partial charge in [-0.15, -0.1) is 0 Å². The topological polar surface area (TPSA) is 60.5 Å². The highest BCUT2D eigenvalue weighted by Crippen LogP contribution is 2.25. The van der Waals surface area contributed by atoms with E-state index in [1.807, 2.05) is 17.2 Å². The zero-order valence-corrected chi connectivity index (χ0v) is 14.9. The van der Waals surface area contributed by atoms with E-state index in [2.05, 4.69) is 26.8 Å². The second-order valence-electron chi connectivity index (χ2n) is 7.57. The molecule has 0 aromatic carbocycles. The van der Waals surface area contributed by atoms with Crippen LogP contribution in [-0.4, -0.2) is 59.0 Å². The summed E-state index contributed by atoms with van der Waals surface area (Å²) in [7, 11) is 0. The Morgan fingerprint density at radius 1 is 1.08 bits per heavy atom. The summed E-state index contributed by atoms with van der Waals surface area (Å²) in [6.07, 6.45) is 11.3. The maximum absolute atomic E-state index is 12.8. The van der Waals surface area contributed by atoms with Crippen molar-refractivity contribution in [1.82, 2.24) is 25.6 Å². The molecule has 3 aliphatic rings. The van der Waals surface area contributed by atoms with E-state index < -0.39 is 0 Å². The minimum atomic E-state index is -0.133. The summed E-state index contributed by atoms with van der Waals surface area (Å²) in [5, 5.41) is 0. The van der Waals surface area contributed by atoms with Gasteiger partial charge in [0.15, 0.2) is 0 Å². The first kappa shape index (κ1) is 16.9. The van der Waals surface area contributed by atoms with Crippen molar-refractivity contribution >= 4 is 5.91 Å². The summed E-state index contributed by atoms with van der Waals surface area (Å²) in [5.41, 5.74) is 7.58. The van der Waals surface area contributed by atoms with Crippen molar-refractivity contribution in [3.63, 3.8) is 0 Å². The van der Waals surface area contributed by atoms with Crippen LogP contribution in [0.5, 0.6) is 0 Å². The number of aromatic nitrogens is 1. The molecule has 3 heterocycles. The van der Waals surface area contributed by atoms with Crippen LogP contribution < -0.4 is 10.9 Å². The van der Waals surface area contributed by atoms with Gasteiger partial charge in [-0.05, 0) is 30.9 Å². The Morgan fingerprint density at radius 3 is 2.60 bits per heavy atom. The van der Waals surface area contributed by atoms with E-state index in [0.717, 1.165) is 44.2 Å². The number of carbonyl (C=O) groups excluding carboxylic acids is 1. The SMILES string of the molecule is O=C(C1CC(c2cccnc2)NN1)N1CCN(C2CCCCC2)CC1. The third-order valence-corrected chi connectivity index (χ3v) is 6.01. The number of nitrogens with one attached hydrogen (secondary N) is 2. The molecule has 0 bridgehead atoms. The first-order valence-electron chi connectivity index (χ1n) is 9.75. The van der Waals surface area contributed by atoms with Crippen LogP contribution in [-0.2, 0) is 4.79 Å². The lowest BCUT2D eigenvalue weighted by molar-refractivity contribution is -0.135. The van der Waals surface area contributed by atoms with Gasteiger partial charge in [0.25, 0.3) is 0 Å². The molecule has 4 rings (SSSR count). The average molecular weight is 343 g/mol. The quantitative estimate of drug-likeness (QED) is 0.870. The largest absolute Gasteiger partial charge is 0.339 e. The van der Waals surface area contributed by atoms with Crippen LogP contribution in [0.15, 0.2) is 24.5 Å². The number of hydrogen-bond acceptors (Lipinski definition) is 5. The van der Waals surface area contributed by atoms with Gasteiger partial charge in [0.1, 0.15) is 6.04 Å². The van der Waals surface area contributed by atoms with Crippen LogP contribution >= 0.6 is 0 Å². The summed E-state index contributed by atoms with van der Waals surface area (Å²) >= 11 is 0. The van der Waals surface area contributed by atoms with Crippen LogP contribution in [0.25, 0.3) is 0 Å². The molecule has 1 aliphatic carbocycles. The molecule has 6 nitrogen and oxygen atoms in total. The molecule has 2 unspecified atom stereocenters. The molecular weight excluding hydrogens is 314 g/mol. The zero-order valence-electron chi connectivity index (χ0n) is 14.9. The minimum Gasteiger partial charge on any atom is -0.339 e. The first-order chi connectivity index (χ1) is 12.3. The summed E-state index contributed by atoms with van der Waals surface area (Å²) in [6.45, 7) is 3.79. The Kier molecular flexibility index (Phi) is 5.29. The van der Waals surface area contributed by atoms with Crippen LogP contribution in [0.2, 0.25) is 0 Å². The Balaban J connectivity index is 1.28. The number of nitrogens with zero attached hydrogens (tertiary/aromatic N) is 3. The maximum atomic E-state index is 12.8. The summed E-state index contributed by atoms with van der Waals surface area (Å²) in [6, 6.07) is 4.78. The molecule has 1 amide bonds. The van der Waals surface area contributed by atoms with Crippen molar-refractivity contribution in [3.8, 4) is 0 Å². The van der Waals surface area contributed by atoms with Gasteiger partial charge in [-0.25, -0.2) is 10.9 Å². The first-order valence-corrected chi connectivity index (χ1v) is 9.75. The Labute approximate surface area is 149 Å². The van der Waals surface area contributed by atoms with Gasteiger partial charge in [0.2, 0.25) is 5.91 Å². The lowest BCUT2D eigenvalue weighted by Crippen LogP contribution is -2.55. The average Bonchev–Trinajstić information content (AvgIpc) is 3.19. The molecule has 25 heavy (non-hydrogen) atoms. The molecule has 1 saturated carbocycles. The lowest BCUT2D eigenvalue weighted by Gasteiger charge is -2.41. The standard InChI is InChI=1S/C19H29N5O/c25-19(18-13-17(21-22-18)15-5-4-8-20-14-15)24-11-9-23(10-12-24)16-6-2-1-3-7-16/h4-5,8,14,16-18,21-22H,1-3,6-7,9-13H2. The summed E-state index contributed by atoms with van der Waals surface area (Å²) in [5.74, 6) is 0.238. The van der Waals surface area contributed by atoms with Gasteiger partial charge in [-0.3, -0.25) is 14.7 Å². The van der Waals surface area contributed by atoms with Crippen LogP contribution in [0.4, 0.5) is 0 Å². The number of piperazine rings is 1. The van der Waals surface area contributed by atoms with Gasteiger partial charge in [0.05, 0.1) is 0 Å². The highest BCUT2D eigenvalue weighted by atomic mass is 16.2. The van der Waals surface area contributed by atoms with Crippen LogP contribution in [0.1, 0.15) is 50.1 Å².